The lowest BCUT2D eigenvalue weighted by Crippen LogP contribution is -2.13. The SMILES string of the molecule is CCC/C=C\c1ccc(/C(N)=N/O)cc1C. The highest BCUT2D eigenvalue weighted by atomic mass is 16.4. The molecule has 0 aliphatic heterocycles. The molecule has 86 valence electrons. The standard InChI is InChI=1S/C13H18N2O/c1-3-4-5-6-11-7-8-12(9-10(11)2)13(14)15-16/h5-9,16H,3-4H2,1-2H3,(H2,14,15)/b6-5-. The second kappa shape index (κ2) is 5.95. The summed E-state index contributed by atoms with van der Waals surface area (Å²) in [7, 11) is 0. The molecule has 0 saturated heterocycles. The van der Waals surface area contributed by atoms with E-state index >= 15 is 0 Å². The van der Waals surface area contributed by atoms with Crippen molar-refractivity contribution in [3.05, 3.63) is 41.0 Å². The highest BCUT2D eigenvalue weighted by Gasteiger charge is 2.01. The number of unbranched alkanes of at least 4 members (excludes halogenated alkanes) is 1. The molecule has 0 unspecified atom stereocenters. The van der Waals surface area contributed by atoms with Gasteiger partial charge < -0.3 is 10.9 Å². The van der Waals surface area contributed by atoms with E-state index in [0.29, 0.717) is 0 Å². The molecule has 0 fully saturated rings. The summed E-state index contributed by atoms with van der Waals surface area (Å²) in [6.45, 7) is 4.17. The molecule has 0 amide bonds. The van der Waals surface area contributed by atoms with Crippen molar-refractivity contribution in [3.8, 4) is 0 Å². The van der Waals surface area contributed by atoms with Crippen molar-refractivity contribution >= 4 is 11.9 Å². The zero-order chi connectivity index (χ0) is 12.0. The van der Waals surface area contributed by atoms with Crippen molar-refractivity contribution in [1.82, 2.24) is 0 Å². The molecule has 3 nitrogen and oxygen atoms in total. The fourth-order valence-corrected chi connectivity index (χ4v) is 1.46. The molecule has 1 aromatic carbocycles. The molecule has 0 radical (unpaired) electrons. The molecule has 3 heteroatoms. The Kier molecular flexibility index (Phi) is 4.58. The third kappa shape index (κ3) is 3.12. The summed E-state index contributed by atoms with van der Waals surface area (Å²) in [6.07, 6.45) is 6.50. The van der Waals surface area contributed by atoms with Gasteiger partial charge in [-0.1, -0.05) is 42.8 Å². The minimum absolute atomic E-state index is 0.146. The zero-order valence-electron chi connectivity index (χ0n) is 9.77. The first-order valence-corrected chi connectivity index (χ1v) is 5.44. The van der Waals surface area contributed by atoms with Gasteiger partial charge in [-0.2, -0.15) is 0 Å². The van der Waals surface area contributed by atoms with E-state index in [1.807, 2.05) is 25.1 Å². The predicted molar refractivity (Wildman–Crippen MR) is 67.6 cm³/mol. The molecule has 1 rings (SSSR count). The van der Waals surface area contributed by atoms with E-state index in [4.69, 9.17) is 10.9 Å². The van der Waals surface area contributed by atoms with Gasteiger partial charge in [-0.3, -0.25) is 0 Å². The largest absolute Gasteiger partial charge is 0.409 e. The molecule has 0 saturated carbocycles. The molecule has 0 aliphatic rings. The van der Waals surface area contributed by atoms with Crippen LogP contribution in [0.5, 0.6) is 0 Å². The maximum atomic E-state index is 8.57. The van der Waals surface area contributed by atoms with Gasteiger partial charge in [0.05, 0.1) is 0 Å². The van der Waals surface area contributed by atoms with Gasteiger partial charge in [0, 0.05) is 5.56 Å². The molecule has 1 aromatic rings. The van der Waals surface area contributed by atoms with Gasteiger partial charge >= 0.3 is 0 Å². The lowest BCUT2D eigenvalue weighted by atomic mass is 10.0. The lowest BCUT2D eigenvalue weighted by Gasteiger charge is -2.04. The van der Waals surface area contributed by atoms with Gasteiger partial charge in [0.1, 0.15) is 0 Å². The van der Waals surface area contributed by atoms with E-state index in [9.17, 15) is 0 Å². The average molecular weight is 218 g/mol. The Morgan fingerprint density at radius 1 is 1.50 bits per heavy atom. The van der Waals surface area contributed by atoms with E-state index in [1.165, 1.54) is 5.56 Å². The Labute approximate surface area is 96.3 Å². The van der Waals surface area contributed by atoms with E-state index in [0.717, 1.165) is 24.0 Å². The van der Waals surface area contributed by atoms with Crippen molar-refractivity contribution in [1.29, 1.82) is 0 Å². The van der Waals surface area contributed by atoms with E-state index < -0.39 is 0 Å². The fourth-order valence-electron chi connectivity index (χ4n) is 1.46. The average Bonchev–Trinajstić information content (AvgIpc) is 2.30. The Hall–Kier alpha value is -1.77. The van der Waals surface area contributed by atoms with Gasteiger partial charge in [0.2, 0.25) is 0 Å². The third-order valence-electron chi connectivity index (χ3n) is 2.43. The normalized spacial score (nSPS) is 12.2. The third-order valence-corrected chi connectivity index (χ3v) is 2.43. The van der Waals surface area contributed by atoms with Gasteiger partial charge in [0.25, 0.3) is 0 Å². The Bertz CT molecular complexity index is 408. The fraction of sp³-hybridized carbons (Fsp3) is 0.308. The Morgan fingerprint density at radius 3 is 2.81 bits per heavy atom. The number of amidine groups is 1. The maximum Gasteiger partial charge on any atom is 0.170 e. The van der Waals surface area contributed by atoms with Crippen LogP contribution in [-0.2, 0) is 0 Å². The summed E-state index contributed by atoms with van der Waals surface area (Å²) in [5.41, 5.74) is 8.55. The van der Waals surface area contributed by atoms with Crippen molar-refractivity contribution in [3.63, 3.8) is 0 Å². The molecule has 0 aromatic heterocycles. The Morgan fingerprint density at radius 2 is 2.25 bits per heavy atom. The van der Waals surface area contributed by atoms with Gasteiger partial charge in [-0.25, -0.2) is 0 Å². The number of oxime groups is 1. The molecule has 0 aliphatic carbocycles. The van der Waals surface area contributed by atoms with E-state index in [2.05, 4.69) is 24.2 Å². The summed E-state index contributed by atoms with van der Waals surface area (Å²) >= 11 is 0. The minimum atomic E-state index is 0.146. The number of hydrogen-bond donors (Lipinski definition) is 2. The van der Waals surface area contributed by atoms with Crippen LogP contribution in [0.4, 0.5) is 0 Å². The molecular formula is C13H18N2O. The summed E-state index contributed by atoms with van der Waals surface area (Å²) in [4.78, 5) is 0. The van der Waals surface area contributed by atoms with Gasteiger partial charge in [0.15, 0.2) is 5.84 Å². The molecular weight excluding hydrogens is 200 g/mol. The second-order valence-electron chi connectivity index (χ2n) is 3.75. The summed E-state index contributed by atoms with van der Waals surface area (Å²) < 4.78 is 0. The highest BCUT2D eigenvalue weighted by molar-refractivity contribution is 5.97. The first-order chi connectivity index (χ1) is 7.69. The van der Waals surface area contributed by atoms with Crippen LogP contribution >= 0.6 is 0 Å². The quantitative estimate of drug-likeness (QED) is 0.353. The second-order valence-corrected chi connectivity index (χ2v) is 3.75. The predicted octanol–water partition coefficient (Wildman–Crippen LogP) is 2.90. The smallest absolute Gasteiger partial charge is 0.170 e. The van der Waals surface area contributed by atoms with Gasteiger partial charge in [-0.15, -0.1) is 0 Å². The Balaban J connectivity index is 2.92. The molecule has 3 N–H and O–H groups in total. The van der Waals surface area contributed by atoms with E-state index in [1.54, 1.807) is 0 Å². The number of aryl methyl sites for hydroxylation is 1. The van der Waals surface area contributed by atoms with Crippen LogP contribution in [-0.4, -0.2) is 11.0 Å². The van der Waals surface area contributed by atoms with Crippen LogP contribution in [0.3, 0.4) is 0 Å². The van der Waals surface area contributed by atoms with Crippen LogP contribution < -0.4 is 5.73 Å². The maximum absolute atomic E-state index is 8.57. The molecule has 0 bridgehead atoms. The number of hydrogen-bond acceptors (Lipinski definition) is 2. The summed E-state index contributed by atoms with van der Waals surface area (Å²) in [5, 5.41) is 11.6. The monoisotopic (exact) mass is 218 g/mol. The number of rotatable bonds is 4. The lowest BCUT2D eigenvalue weighted by molar-refractivity contribution is 0.318. The summed E-state index contributed by atoms with van der Waals surface area (Å²) in [6, 6.07) is 5.75. The topological polar surface area (TPSA) is 58.6 Å². The number of benzene rings is 1. The van der Waals surface area contributed by atoms with Crippen LogP contribution in [0.1, 0.15) is 36.5 Å². The van der Waals surface area contributed by atoms with Crippen LogP contribution in [0.2, 0.25) is 0 Å². The van der Waals surface area contributed by atoms with Crippen LogP contribution in [0.15, 0.2) is 29.4 Å². The summed E-state index contributed by atoms with van der Waals surface area (Å²) in [5.74, 6) is 0.146. The molecule has 0 heterocycles. The van der Waals surface area contributed by atoms with Crippen molar-refractivity contribution in [2.45, 2.75) is 26.7 Å². The number of nitrogens with zero attached hydrogens (tertiary/aromatic N) is 1. The first kappa shape index (κ1) is 12.3. The molecule has 0 atom stereocenters. The number of allylic oxidation sites excluding steroid dienone is 1. The van der Waals surface area contributed by atoms with E-state index in [-0.39, 0.29) is 5.84 Å². The molecule has 16 heavy (non-hydrogen) atoms. The van der Waals surface area contributed by atoms with Crippen molar-refractivity contribution < 1.29 is 5.21 Å². The number of nitrogens with two attached hydrogens (primary N) is 1. The zero-order valence-corrected chi connectivity index (χ0v) is 9.77. The highest BCUT2D eigenvalue weighted by Crippen LogP contribution is 2.13. The van der Waals surface area contributed by atoms with Crippen molar-refractivity contribution in [2.75, 3.05) is 0 Å². The first-order valence-electron chi connectivity index (χ1n) is 5.44. The van der Waals surface area contributed by atoms with Gasteiger partial charge in [-0.05, 0) is 30.5 Å². The molecule has 0 spiro atoms. The van der Waals surface area contributed by atoms with Crippen molar-refractivity contribution in [2.24, 2.45) is 10.9 Å². The van der Waals surface area contributed by atoms with Crippen LogP contribution in [0.25, 0.3) is 6.08 Å². The van der Waals surface area contributed by atoms with Crippen LogP contribution in [0, 0.1) is 6.92 Å². The minimum Gasteiger partial charge on any atom is -0.409 e.